The summed E-state index contributed by atoms with van der Waals surface area (Å²) in [4.78, 5) is 12.6. The number of hydrogen-bond acceptors (Lipinski definition) is 3. The van der Waals surface area contributed by atoms with Crippen molar-refractivity contribution >= 4 is 5.97 Å². The van der Waals surface area contributed by atoms with Gasteiger partial charge in [0.2, 0.25) is 0 Å². The Hall–Kier alpha value is -0.610. The topological polar surface area (TPSA) is 60.8 Å². The van der Waals surface area contributed by atoms with E-state index in [-0.39, 0.29) is 6.42 Å². The Morgan fingerprint density at radius 1 is 1.47 bits per heavy atom. The number of rotatable bonds is 6. The summed E-state index contributed by atoms with van der Waals surface area (Å²) in [6, 6.07) is 0.554. The highest BCUT2D eigenvalue weighted by molar-refractivity contribution is 5.67. The number of carboxylic acid groups (broad SMARTS) is 1. The second-order valence-corrected chi connectivity index (χ2v) is 4.28. The van der Waals surface area contributed by atoms with E-state index >= 15 is 0 Å². The van der Waals surface area contributed by atoms with Crippen molar-refractivity contribution in [1.29, 1.82) is 0 Å². The normalized spacial score (nSPS) is 19.7. The Bertz CT molecular complexity index is 202. The fourth-order valence-corrected chi connectivity index (χ4v) is 2.34. The first-order chi connectivity index (χ1) is 7.13. The minimum Gasteiger partial charge on any atom is -0.481 e. The van der Waals surface area contributed by atoms with Crippen LogP contribution in [0.4, 0.5) is 0 Å². The summed E-state index contributed by atoms with van der Waals surface area (Å²) in [5.41, 5.74) is 0. The molecule has 0 bridgehead atoms. The van der Waals surface area contributed by atoms with E-state index in [1.807, 2.05) is 0 Å². The van der Waals surface area contributed by atoms with Gasteiger partial charge < -0.3 is 10.2 Å². The van der Waals surface area contributed by atoms with Crippen molar-refractivity contribution in [1.82, 2.24) is 4.90 Å². The molecule has 1 saturated carbocycles. The molecule has 15 heavy (non-hydrogen) atoms. The van der Waals surface area contributed by atoms with Gasteiger partial charge in [-0.15, -0.1) is 0 Å². The van der Waals surface area contributed by atoms with Gasteiger partial charge >= 0.3 is 5.97 Å². The lowest BCUT2D eigenvalue weighted by Gasteiger charge is -2.29. The highest BCUT2D eigenvalue weighted by atomic mass is 16.4. The van der Waals surface area contributed by atoms with Gasteiger partial charge in [-0.1, -0.05) is 19.8 Å². The van der Waals surface area contributed by atoms with E-state index in [0.29, 0.717) is 12.6 Å². The third kappa shape index (κ3) is 4.18. The molecule has 0 saturated heterocycles. The van der Waals surface area contributed by atoms with Crippen LogP contribution < -0.4 is 0 Å². The maximum absolute atomic E-state index is 10.4. The van der Waals surface area contributed by atoms with Gasteiger partial charge in [0.15, 0.2) is 0 Å². The highest BCUT2D eigenvalue weighted by Gasteiger charge is 2.23. The summed E-state index contributed by atoms with van der Waals surface area (Å²) in [6.07, 6.45) is 4.01. The third-order valence-electron chi connectivity index (χ3n) is 3.10. The molecule has 0 heterocycles. The predicted octanol–water partition coefficient (Wildman–Crippen LogP) is 1.09. The van der Waals surface area contributed by atoms with Crippen LogP contribution in [-0.2, 0) is 4.79 Å². The quantitative estimate of drug-likeness (QED) is 0.696. The number of aliphatic carboxylic acids is 1. The first kappa shape index (κ1) is 12.5. The zero-order valence-electron chi connectivity index (χ0n) is 9.35. The van der Waals surface area contributed by atoms with Gasteiger partial charge in [-0.25, -0.2) is 0 Å². The lowest BCUT2D eigenvalue weighted by atomic mass is 10.1. The Kier molecular flexibility index (Phi) is 5.05. The number of aliphatic hydroxyl groups is 1. The maximum atomic E-state index is 10.4. The van der Waals surface area contributed by atoms with Crippen molar-refractivity contribution in [2.24, 2.45) is 0 Å². The number of nitrogens with zero attached hydrogens (tertiary/aromatic N) is 1. The minimum absolute atomic E-state index is 0.150. The summed E-state index contributed by atoms with van der Waals surface area (Å²) < 4.78 is 0. The maximum Gasteiger partial charge on any atom is 0.306 e. The standard InChI is InChI=1S/C11H21NO3/c1-2-12(9-5-3-4-6-9)8-10(13)7-11(14)15/h9-10,13H,2-8H2,1H3,(H,14,15). The van der Waals surface area contributed by atoms with Gasteiger partial charge in [-0.3, -0.25) is 9.69 Å². The lowest BCUT2D eigenvalue weighted by molar-refractivity contribution is -0.139. The van der Waals surface area contributed by atoms with Crippen LogP contribution in [0, 0.1) is 0 Å². The molecule has 0 aromatic rings. The molecule has 0 aliphatic heterocycles. The van der Waals surface area contributed by atoms with Gasteiger partial charge in [0.25, 0.3) is 0 Å². The number of likely N-dealkylation sites (N-methyl/N-ethyl adjacent to an activating group) is 1. The van der Waals surface area contributed by atoms with Crippen LogP contribution in [0.3, 0.4) is 0 Å². The average molecular weight is 215 g/mol. The summed E-state index contributed by atoms with van der Waals surface area (Å²) in [7, 11) is 0. The summed E-state index contributed by atoms with van der Waals surface area (Å²) >= 11 is 0. The molecule has 0 amide bonds. The van der Waals surface area contributed by atoms with E-state index in [0.717, 1.165) is 6.54 Å². The van der Waals surface area contributed by atoms with Crippen molar-refractivity contribution in [3.05, 3.63) is 0 Å². The number of carbonyl (C=O) groups is 1. The van der Waals surface area contributed by atoms with E-state index in [1.165, 1.54) is 25.7 Å². The van der Waals surface area contributed by atoms with Gasteiger partial charge in [-0.05, 0) is 19.4 Å². The molecule has 4 heteroatoms. The molecule has 0 spiro atoms. The van der Waals surface area contributed by atoms with E-state index < -0.39 is 12.1 Å². The van der Waals surface area contributed by atoms with Crippen LogP contribution in [0.1, 0.15) is 39.0 Å². The molecular weight excluding hydrogens is 194 g/mol. The zero-order valence-corrected chi connectivity index (χ0v) is 9.35. The van der Waals surface area contributed by atoms with E-state index in [2.05, 4.69) is 11.8 Å². The SMILES string of the molecule is CCN(CC(O)CC(=O)O)C1CCCC1. The van der Waals surface area contributed by atoms with Gasteiger partial charge in [0, 0.05) is 12.6 Å². The monoisotopic (exact) mass is 215 g/mol. The smallest absolute Gasteiger partial charge is 0.306 e. The molecule has 1 rings (SSSR count). The molecule has 4 nitrogen and oxygen atoms in total. The van der Waals surface area contributed by atoms with E-state index in [1.54, 1.807) is 0 Å². The molecule has 0 aromatic carbocycles. The summed E-state index contributed by atoms with van der Waals surface area (Å²) in [6.45, 7) is 3.45. The fourth-order valence-electron chi connectivity index (χ4n) is 2.34. The van der Waals surface area contributed by atoms with E-state index in [9.17, 15) is 9.90 Å². The average Bonchev–Trinajstić information content (AvgIpc) is 2.65. The van der Waals surface area contributed by atoms with Gasteiger partial charge in [-0.2, -0.15) is 0 Å². The Balaban J connectivity index is 2.34. The second-order valence-electron chi connectivity index (χ2n) is 4.28. The molecular formula is C11H21NO3. The van der Waals surface area contributed by atoms with Crippen molar-refractivity contribution in [3.8, 4) is 0 Å². The van der Waals surface area contributed by atoms with Crippen molar-refractivity contribution in [2.75, 3.05) is 13.1 Å². The molecule has 0 radical (unpaired) electrons. The molecule has 88 valence electrons. The van der Waals surface area contributed by atoms with Crippen LogP contribution >= 0.6 is 0 Å². The number of aliphatic hydroxyl groups excluding tert-OH is 1. The van der Waals surface area contributed by atoms with Gasteiger partial charge in [0.1, 0.15) is 0 Å². The van der Waals surface area contributed by atoms with Crippen LogP contribution in [0.5, 0.6) is 0 Å². The van der Waals surface area contributed by atoms with Crippen LogP contribution in [0.25, 0.3) is 0 Å². The molecule has 0 aromatic heterocycles. The van der Waals surface area contributed by atoms with E-state index in [4.69, 9.17) is 5.11 Å². The molecule has 1 aliphatic carbocycles. The number of hydrogen-bond donors (Lipinski definition) is 2. The van der Waals surface area contributed by atoms with Crippen molar-refractivity contribution in [2.45, 2.75) is 51.2 Å². The van der Waals surface area contributed by atoms with Crippen LogP contribution in [-0.4, -0.2) is 46.3 Å². The lowest BCUT2D eigenvalue weighted by Crippen LogP contribution is -2.39. The molecule has 1 aliphatic rings. The summed E-state index contributed by atoms with van der Waals surface area (Å²) in [5, 5.41) is 18.1. The minimum atomic E-state index is -0.926. The highest BCUT2D eigenvalue weighted by Crippen LogP contribution is 2.23. The molecule has 2 N–H and O–H groups in total. The summed E-state index contributed by atoms with van der Waals surface area (Å²) in [5.74, 6) is -0.926. The Morgan fingerprint density at radius 3 is 2.53 bits per heavy atom. The molecule has 1 unspecified atom stereocenters. The second kappa shape index (κ2) is 6.08. The van der Waals surface area contributed by atoms with Gasteiger partial charge in [0.05, 0.1) is 12.5 Å². The first-order valence-electron chi connectivity index (χ1n) is 5.77. The zero-order chi connectivity index (χ0) is 11.3. The predicted molar refractivity (Wildman–Crippen MR) is 57.8 cm³/mol. The number of carboxylic acids is 1. The first-order valence-corrected chi connectivity index (χ1v) is 5.77. The Morgan fingerprint density at radius 2 is 2.07 bits per heavy atom. The fraction of sp³-hybridized carbons (Fsp3) is 0.909. The molecule has 1 atom stereocenters. The largest absolute Gasteiger partial charge is 0.481 e. The van der Waals surface area contributed by atoms with Crippen LogP contribution in [0.2, 0.25) is 0 Å². The van der Waals surface area contributed by atoms with Crippen molar-refractivity contribution < 1.29 is 15.0 Å². The molecule has 1 fully saturated rings. The Labute approximate surface area is 90.9 Å². The van der Waals surface area contributed by atoms with Crippen molar-refractivity contribution in [3.63, 3.8) is 0 Å². The third-order valence-corrected chi connectivity index (χ3v) is 3.10. The van der Waals surface area contributed by atoms with Crippen LogP contribution in [0.15, 0.2) is 0 Å².